The lowest BCUT2D eigenvalue weighted by Crippen LogP contribution is -2.26. The van der Waals surface area contributed by atoms with Crippen LogP contribution >= 0.6 is 11.3 Å². The fraction of sp³-hybridized carbons (Fsp3) is 0.0714. The van der Waals surface area contributed by atoms with Crippen LogP contribution in [0.1, 0.15) is 15.2 Å². The molecule has 7 nitrogen and oxygen atoms in total. The van der Waals surface area contributed by atoms with Crippen LogP contribution in [0.25, 0.3) is 0 Å². The van der Waals surface area contributed by atoms with E-state index in [9.17, 15) is 4.79 Å². The minimum Gasteiger partial charge on any atom is -0.370 e. The van der Waals surface area contributed by atoms with Gasteiger partial charge >= 0.3 is 0 Å². The predicted octanol–water partition coefficient (Wildman–Crippen LogP) is 0.898. The fourth-order valence-electron chi connectivity index (χ4n) is 1.66. The van der Waals surface area contributed by atoms with E-state index in [2.05, 4.69) is 15.3 Å². The maximum Gasteiger partial charge on any atom is 0.251 e. The van der Waals surface area contributed by atoms with Crippen molar-refractivity contribution in [1.82, 2.24) is 5.32 Å². The summed E-state index contributed by atoms with van der Waals surface area (Å²) in [6, 6.07) is 10.6. The van der Waals surface area contributed by atoms with Gasteiger partial charge in [-0.3, -0.25) is 4.79 Å². The van der Waals surface area contributed by atoms with Crippen molar-refractivity contribution < 1.29 is 4.79 Å². The molecule has 22 heavy (non-hydrogen) atoms. The molecule has 7 N–H and O–H groups in total. The molecule has 1 aromatic carbocycles. The van der Waals surface area contributed by atoms with E-state index in [-0.39, 0.29) is 17.8 Å². The van der Waals surface area contributed by atoms with Gasteiger partial charge in [-0.15, -0.1) is 11.3 Å². The van der Waals surface area contributed by atoms with Crippen molar-refractivity contribution in [3.8, 4) is 0 Å². The minimum absolute atomic E-state index is 0.0464. The third-order valence-electron chi connectivity index (χ3n) is 2.62. The molecule has 0 saturated carbocycles. The fourth-order valence-corrected chi connectivity index (χ4v) is 2.30. The van der Waals surface area contributed by atoms with E-state index in [0.29, 0.717) is 17.8 Å². The first-order chi connectivity index (χ1) is 10.5. The summed E-state index contributed by atoms with van der Waals surface area (Å²) in [4.78, 5) is 20.7. The number of hydrogen-bond donors (Lipinski definition) is 4. The molecule has 0 atom stereocenters. The maximum absolute atomic E-state index is 12.0. The Hall–Kier alpha value is -2.87. The Labute approximate surface area is 131 Å². The van der Waals surface area contributed by atoms with Crippen molar-refractivity contribution in [3.05, 3.63) is 52.2 Å². The number of rotatable bonds is 4. The average Bonchev–Trinajstić information content (AvgIpc) is 2.98. The summed E-state index contributed by atoms with van der Waals surface area (Å²) in [6.07, 6.45) is 0. The molecule has 1 amide bonds. The van der Waals surface area contributed by atoms with Crippen molar-refractivity contribution in [3.63, 3.8) is 0 Å². The van der Waals surface area contributed by atoms with Gasteiger partial charge in [-0.1, -0.05) is 6.07 Å². The molecule has 0 radical (unpaired) electrons. The second-order valence-corrected chi connectivity index (χ2v) is 5.35. The number of hydrogen-bond acceptors (Lipinski definition) is 3. The van der Waals surface area contributed by atoms with Crippen molar-refractivity contribution in [1.29, 1.82) is 0 Å². The van der Waals surface area contributed by atoms with E-state index in [1.807, 2.05) is 17.5 Å². The zero-order valence-corrected chi connectivity index (χ0v) is 12.5. The van der Waals surface area contributed by atoms with Crippen LogP contribution in [-0.2, 0) is 6.54 Å². The lowest BCUT2D eigenvalue weighted by Gasteiger charge is -2.04. The van der Waals surface area contributed by atoms with Gasteiger partial charge in [0.2, 0.25) is 5.96 Å². The molecule has 2 aromatic rings. The summed E-state index contributed by atoms with van der Waals surface area (Å²) < 4.78 is 0. The lowest BCUT2D eigenvalue weighted by atomic mass is 10.2. The van der Waals surface area contributed by atoms with Crippen LogP contribution in [0, 0.1) is 0 Å². The topological polar surface area (TPSA) is 132 Å². The van der Waals surface area contributed by atoms with Crippen LogP contribution in [0.2, 0.25) is 0 Å². The first-order valence-corrected chi connectivity index (χ1v) is 7.27. The monoisotopic (exact) mass is 316 g/mol. The third kappa shape index (κ3) is 4.60. The van der Waals surface area contributed by atoms with Crippen LogP contribution < -0.4 is 22.5 Å². The SMILES string of the molecule is NC(N)=NC(N)=Nc1ccc(C(=O)NCc2cccs2)cc1. The van der Waals surface area contributed by atoms with Gasteiger partial charge in [-0.2, -0.15) is 4.99 Å². The van der Waals surface area contributed by atoms with Gasteiger partial charge in [0, 0.05) is 10.4 Å². The molecule has 114 valence electrons. The Morgan fingerprint density at radius 3 is 2.45 bits per heavy atom. The van der Waals surface area contributed by atoms with Crippen molar-refractivity contribution in [2.45, 2.75) is 6.54 Å². The van der Waals surface area contributed by atoms with Gasteiger partial charge in [0.15, 0.2) is 5.96 Å². The highest BCUT2D eigenvalue weighted by molar-refractivity contribution is 7.09. The highest BCUT2D eigenvalue weighted by atomic mass is 32.1. The summed E-state index contributed by atoms with van der Waals surface area (Å²) in [5, 5.41) is 4.81. The number of nitrogens with zero attached hydrogens (tertiary/aromatic N) is 2. The van der Waals surface area contributed by atoms with Crippen LogP contribution in [0.15, 0.2) is 51.8 Å². The van der Waals surface area contributed by atoms with Crippen molar-refractivity contribution in [2.75, 3.05) is 0 Å². The number of amides is 1. The number of carbonyl (C=O) groups excluding carboxylic acids is 1. The van der Waals surface area contributed by atoms with Crippen molar-refractivity contribution in [2.24, 2.45) is 27.2 Å². The lowest BCUT2D eigenvalue weighted by molar-refractivity contribution is 0.0951. The molecule has 0 saturated heterocycles. The Morgan fingerprint density at radius 2 is 1.86 bits per heavy atom. The Balaban J connectivity index is 1.99. The zero-order valence-electron chi connectivity index (χ0n) is 11.7. The van der Waals surface area contributed by atoms with Gasteiger partial charge < -0.3 is 22.5 Å². The zero-order chi connectivity index (χ0) is 15.9. The summed E-state index contributed by atoms with van der Waals surface area (Å²) in [5.74, 6) is -0.359. The molecule has 0 aliphatic rings. The average molecular weight is 316 g/mol. The number of thiophene rings is 1. The standard InChI is InChI=1S/C14H16N6OS/c15-13(16)20-14(17)19-10-5-3-9(4-6-10)12(21)18-8-11-2-1-7-22-11/h1-7H,8H2,(H,18,21)(H6,15,16,17,19,20). The van der Waals surface area contributed by atoms with Gasteiger partial charge in [0.25, 0.3) is 5.91 Å². The van der Waals surface area contributed by atoms with Crippen molar-refractivity contribution >= 4 is 34.9 Å². The van der Waals surface area contributed by atoms with Crippen LogP contribution in [0.4, 0.5) is 5.69 Å². The summed E-state index contributed by atoms with van der Waals surface area (Å²) in [6.45, 7) is 0.508. The first kappa shape index (κ1) is 15.5. The molecule has 0 unspecified atom stereocenters. The summed E-state index contributed by atoms with van der Waals surface area (Å²) in [7, 11) is 0. The van der Waals surface area contributed by atoms with E-state index < -0.39 is 0 Å². The molecule has 0 aliphatic carbocycles. The normalized spacial score (nSPS) is 11.0. The predicted molar refractivity (Wildman–Crippen MR) is 89.0 cm³/mol. The van der Waals surface area contributed by atoms with E-state index in [1.54, 1.807) is 35.6 Å². The van der Waals surface area contributed by atoms with Crippen LogP contribution in [0.5, 0.6) is 0 Å². The van der Waals surface area contributed by atoms with Gasteiger partial charge in [0.05, 0.1) is 12.2 Å². The number of nitrogens with one attached hydrogen (secondary N) is 1. The quantitative estimate of drug-likeness (QED) is 0.492. The molecule has 1 aromatic heterocycles. The van der Waals surface area contributed by atoms with E-state index >= 15 is 0 Å². The van der Waals surface area contributed by atoms with Crippen LogP contribution in [-0.4, -0.2) is 17.8 Å². The number of carbonyl (C=O) groups is 1. The van der Waals surface area contributed by atoms with Gasteiger partial charge in [0.1, 0.15) is 0 Å². The Bertz CT molecular complexity index is 687. The Kier molecular flexibility index (Phi) is 5.10. The molecule has 0 fully saturated rings. The van der Waals surface area contributed by atoms with E-state index in [4.69, 9.17) is 17.2 Å². The first-order valence-electron chi connectivity index (χ1n) is 6.39. The molecule has 2 rings (SSSR count). The molecular formula is C14H16N6OS. The number of benzene rings is 1. The van der Waals surface area contributed by atoms with Crippen LogP contribution in [0.3, 0.4) is 0 Å². The highest BCUT2D eigenvalue weighted by Crippen LogP contribution is 2.13. The second kappa shape index (κ2) is 7.23. The molecule has 0 spiro atoms. The molecule has 0 aliphatic heterocycles. The number of aliphatic imine (C=N–C) groups is 2. The van der Waals surface area contributed by atoms with Gasteiger partial charge in [-0.05, 0) is 35.7 Å². The van der Waals surface area contributed by atoms with E-state index in [1.165, 1.54) is 0 Å². The second-order valence-electron chi connectivity index (χ2n) is 4.32. The Morgan fingerprint density at radius 1 is 1.14 bits per heavy atom. The smallest absolute Gasteiger partial charge is 0.251 e. The highest BCUT2D eigenvalue weighted by Gasteiger charge is 2.05. The van der Waals surface area contributed by atoms with Gasteiger partial charge in [-0.25, -0.2) is 4.99 Å². The molecule has 0 bridgehead atoms. The van der Waals surface area contributed by atoms with E-state index in [0.717, 1.165) is 4.88 Å². The number of guanidine groups is 2. The number of nitrogens with two attached hydrogens (primary N) is 3. The third-order valence-corrected chi connectivity index (χ3v) is 3.50. The largest absolute Gasteiger partial charge is 0.370 e. The maximum atomic E-state index is 12.0. The summed E-state index contributed by atoms with van der Waals surface area (Å²) in [5.41, 5.74) is 17.0. The molecule has 1 heterocycles. The summed E-state index contributed by atoms with van der Waals surface area (Å²) >= 11 is 1.59. The molecular weight excluding hydrogens is 300 g/mol. The molecule has 8 heteroatoms. The minimum atomic E-state index is -0.161.